The van der Waals surface area contributed by atoms with Crippen molar-refractivity contribution < 1.29 is 9.59 Å². The number of carbonyl (C=O) groups excluding carboxylic acids is 2. The first-order valence-electron chi connectivity index (χ1n) is 6.35. The smallest absolute Gasteiger partial charge is 0.238 e. The van der Waals surface area contributed by atoms with Crippen molar-refractivity contribution in [1.29, 1.82) is 0 Å². The highest BCUT2D eigenvalue weighted by atomic mass is 16.2. The van der Waals surface area contributed by atoms with Gasteiger partial charge in [-0.2, -0.15) is 0 Å². The Morgan fingerprint density at radius 3 is 2.61 bits per heavy atom. The fraction of sp³-hybridized carbons (Fsp3) is 0.429. The minimum absolute atomic E-state index is 0.0163. The molecule has 4 nitrogen and oxygen atoms in total. The summed E-state index contributed by atoms with van der Waals surface area (Å²) in [4.78, 5) is 25.3. The molecular formula is C14H16N2O2. The molecule has 2 amide bonds. The maximum absolute atomic E-state index is 12.6. The molecule has 1 fully saturated rings. The molecule has 0 saturated heterocycles. The highest BCUT2D eigenvalue weighted by Crippen LogP contribution is 2.50. The lowest BCUT2D eigenvalue weighted by Gasteiger charge is -2.22. The van der Waals surface area contributed by atoms with Crippen LogP contribution >= 0.6 is 0 Å². The predicted molar refractivity (Wildman–Crippen MR) is 68.1 cm³/mol. The van der Waals surface area contributed by atoms with Crippen molar-refractivity contribution in [3.05, 3.63) is 29.8 Å². The molecule has 1 aliphatic carbocycles. The Balaban J connectivity index is 2.11. The summed E-state index contributed by atoms with van der Waals surface area (Å²) in [7, 11) is 0. The highest BCUT2D eigenvalue weighted by Gasteiger charge is 2.51. The number of hydrogen-bond donors (Lipinski definition) is 1. The summed E-state index contributed by atoms with van der Waals surface area (Å²) in [6.45, 7) is -0.0163. The van der Waals surface area contributed by atoms with Crippen LogP contribution in [0.25, 0.3) is 0 Å². The van der Waals surface area contributed by atoms with Gasteiger partial charge in [0.15, 0.2) is 0 Å². The lowest BCUT2D eigenvalue weighted by molar-refractivity contribution is -0.125. The number of amides is 2. The van der Waals surface area contributed by atoms with E-state index in [1.54, 1.807) is 4.90 Å². The Labute approximate surface area is 106 Å². The number of carbonyl (C=O) groups is 2. The largest absolute Gasteiger partial charge is 0.368 e. The lowest BCUT2D eigenvalue weighted by atomic mass is 9.80. The molecular weight excluding hydrogens is 228 g/mol. The number of rotatable bonds is 2. The second-order valence-electron chi connectivity index (χ2n) is 5.16. The molecule has 1 aliphatic heterocycles. The summed E-state index contributed by atoms with van der Waals surface area (Å²) in [5, 5.41) is 0. The van der Waals surface area contributed by atoms with Crippen LogP contribution in [0, 0.1) is 0 Å². The van der Waals surface area contributed by atoms with Crippen LogP contribution in [-0.4, -0.2) is 18.4 Å². The molecule has 2 N–H and O–H groups in total. The van der Waals surface area contributed by atoms with Crippen molar-refractivity contribution in [2.24, 2.45) is 5.73 Å². The number of primary amides is 1. The normalized spacial score (nSPS) is 20.4. The Hall–Kier alpha value is -1.84. The number of benzene rings is 1. The number of anilines is 1. The molecule has 18 heavy (non-hydrogen) atoms. The van der Waals surface area contributed by atoms with Crippen molar-refractivity contribution in [3.63, 3.8) is 0 Å². The van der Waals surface area contributed by atoms with E-state index in [0.29, 0.717) is 0 Å². The highest BCUT2D eigenvalue weighted by molar-refractivity contribution is 6.10. The van der Waals surface area contributed by atoms with E-state index in [-0.39, 0.29) is 17.9 Å². The summed E-state index contributed by atoms with van der Waals surface area (Å²) < 4.78 is 0. The summed E-state index contributed by atoms with van der Waals surface area (Å²) in [6.07, 6.45) is 3.92. The first kappa shape index (κ1) is 11.3. The number of fused-ring (bicyclic) bond motifs is 2. The molecule has 0 aromatic heterocycles. The minimum atomic E-state index is -0.465. The van der Waals surface area contributed by atoms with Crippen molar-refractivity contribution in [1.82, 2.24) is 0 Å². The van der Waals surface area contributed by atoms with E-state index >= 15 is 0 Å². The number of para-hydroxylation sites is 1. The molecule has 94 valence electrons. The van der Waals surface area contributed by atoms with Crippen molar-refractivity contribution in [2.75, 3.05) is 11.4 Å². The summed E-state index contributed by atoms with van der Waals surface area (Å²) >= 11 is 0. The van der Waals surface area contributed by atoms with Crippen LogP contribution < -0.4 is 10.6 Å². The maximum Gasteiger partial charge on any atom is 0.238 e. The zero-order chi connectivity index (χ0) is 12.8. The molecule has 0 bridgehead atoms. The van der Waals surface area contributed by atoms with Gasteiger partial charge in [0.1, 0.15) is 6.54 Å². The third-order valence-electron chi connectivity index (χ3n) is 4.14. The Morgan fingerprint density at radius 1 is 1.28 bits per heavy atom. The molecule has 0 unspecified atom stereocenters. The van der Waals surface area contributed by atoms with E-state index < -0.39 is 5.91 Å². The van der Waals surface area contributed by atoms with Gasteiger partial charge in [-0.15, -0.1) is 0 Å². The third kappa shape index (κ3) is 1.38. The summed E-state index contributed by atoms with van der Waals surface area (Å²) in [5.74, 6) is -0.409. The van der Waals surface area contributed by atoms with Crippen LogP contribution in [0.15, 0.2) is 24.3 Å². The topological polar surface area (TPSA) is 63.4 Å². The molecule has 3 rings (SSSR count). The molecule has 1 aromatic carbocycles. The van der Waals surface area contributed by atoms with Crippen LogP contribution in [0.3, 0.4) is 0 Å². The van der Waals surface area contributed by atoms with Gasteiger partial charge in [-0.05, 0) is 24.5 Å². The minimum Gasteiger partial charge on any atom is -0.368 e. The van der Waals surface area contributed by atoms with Gasteiger partial charge in [-0.25, -0.2) is 0 Å². The van der Waals surface area contributed by atoms with Gasteiger partial charge in [0.2, 0.25) is 11.8 Å². The fourth-order valence-electron chi connectivity index (χ4n) is 3.37. The first-order valence-corrected chi connectivity index (χ1v) is 6.35. The van der Waals surface area contributed by atoms with Gasteiger partial charge < -0.3 is 10.6 Å². The quantitative estimate of drug-likeness (QED) is 0.853. The van der Waals surface area contributed by atoms with Gasteiger partial charge in [0, 0.05) is 5.69 Å². The first-order chi connectivity index (χ1) is 8.65. The van der Waals surface area contributed by atoms with Gasteiger partial charge >= 0.3 is 0 Å². The molecule has 0 atom stereocenters. The predicted octanol–water partition coefficient (Wildman–Crippen LogP) is 1.33. The number of nitrogens with zero attached hydrogens (tertiary/aromatic N) is 1. The summed E-state index contributed by atoms with van der Waals surface area (Å²) in [6, 6.07) is 7.77. The van der Waals surface area contributed by atoms with Crippen molar-refractivity contribution >= 4 is 17.5 Å². The van der Waals surface area contributed by atoms with Gasteiger partial charge in [-0.1, -0.05) is 31.0 Å². The Bertz CT molecular complexity index is 518. The number of nitrogens with two attached hydrogens (primary N) is 1. The zero-order valence-corrected chi connectivity index (χ0v) is 10.2. The third-order valence-corrected chi connectivity index (χ3v) is 4.14. The van der Waals surface area contributed by atoms with Gasteiger partial charge in [-0.3, -0.25) is 9.59 Å². The Morgan fingerprint density at radius 2 is 1.94 bits per heavy atom. The fourth-order valence-corrected chi connectivity index (χ4v) is 3.37. The average molecular weight is 244 g/mol. The van der Waals surface area contributed by atoms with Crippen LogP contribution in [0.1, 0.15) is 31.2 Å². The van der Waals surface area contributed by atoms with Crippen LogP contribution in [0.2, 0.25) is 0 Å². The van der Waals surface area contributed by atoms with E-state index in [0.717, 1.165) is 36.9 Å². The monoisotopic (exact) mass is 244 g/mol. The van der Waals surface area contributed by atoms with E-state index in [2.05, 4.69) is 0 Å². The molecule has 4 heteroatoms. The molecule has 1 aromatic rings. The van der Waals surface area contributed by atoms with E-state index in [9.17, 15) is 9.59 Å². The van der Waals surface area contributed by atoms with E-state index in [1.165, 1.54) is 0 Å². The van der Waals surface area contributed by atoms with Crippen LogP contribution in [0.5, 0.6) is 0 Å². The van der Waals surface area contributed by atoms with Gasteiger partial charge in [0.05, 0.1) is 5.41 Å². The number of hydrogen-bond acceptors (Lipinski definition) is 2. The average Bonchev–Trinajstić information content (AvgIpc) is 2.92. The molecule has 1 saturated carbocycles. The van der Waals surface area contributed by atoms with Crippen LogP contribution in [-0.2, 0) is 15.0 Å². The summed E-state index contributed by atoms with van der Waals surface area (Å²) in [5.41, 5.74) is 6.80. The van der Waals surface area contributed by atoms with E-state index in [1.807, 2.05) is 24.3 Å². The molecule has 1 heterocycles. The zero-order valence-electron chi connectivity index (χ0n) is 10.2. The molecule has 0 radical (unpaired) electrons. The van der Waals surface area contributed by atoms with Crippen molar-refractivity contribution in [3.8, 4) is 0 Å². The van der Waals surface area contributed by atoms with E-state index in [4.69, 9.17) is 5.73 Å². The maximum atomic E-state index is 12.6. The Kier molecular flexibility index (Phi) is 2.40. The second-order valence-corrected chi connectivity index (χ2v) is 5.16. The second kappa shape index (κ2) is 3.83. The van der Waals surface area contributed by atoms with Crippen molar-refractivity contribution in [2.45, 2.75) is 31.1 Å². The molecule has 1 spiro atoms. The SMILES string of the molecule is NC(=O)CN1C(=O)C2(CCCC2)c2ccccc21. The molecule has 2 aliphatic rings. The standard InChI is InChI=1S/C14H16N2O2/c15-12(17)9-16-11-6-2-1-5-10(11)14(13(16)18)7-3-4-8-14/h1-2,5-6H,3-4,7-9H2,(H2,15,17). The van der Waals surface area contributed by atoms with Gasteiger partial charge in [0.25, 0.3) is 0 Å². The van der Waals surface area contributed by atoms with Crippen LogP contribution in [0.4, 0.5) is 5.69 Å². The lowest BCUT2D eigenvalue weighted by Crippen LogP contribution is -2.42.